The van der Waals surface area contributed by atoms with Crippen molar-refractivity contribution in [2.75, 3.05) is 26.0 Å². The van der Waals surface area contributed by atoms with Gasteiger partial charge >= 0.3 is 12.1 Å². The fourth-order valence-corrected chi connectivity index (χ4v) is 6.37. The molecule has 9 nitrogen and oxygen atoms in total. The average molecular weight is 616 g/mol. The number of nitrogens with one attached hydrogen (secondary N) is 1. The van der Waals surface area contributed by atoms with Crippen LogP contribution < -0.4 is 10.1 Å². The highest BCUT2D eigenvalue weighted by Crippen LogP contribution is 2.42. The molecular weight excluding hydrogens is 587 g/mol. The van der Waals surface area contributed by atoms with Crippen molar-refractivity contribution >= 4 is 35.5 Å². The summed E-state index contributed by atoms with van der Waals surface area (Å²) in [5.41, 5.74) is 1.74. The topological polar surface area (TPSA) is 105 Å². The second-order valence-corrected chi connectivity index (χ2v) is 11.3. The third kappa shape index (κ3) is 6.87. The monoisotopic (exact) mass is 615 g/mol. The second-order valence-electron chi connectivity index (χ2n) is 10.2. The van der Waals surface area contributed by atoms with Crippen LogP contribution in [0.5, 0.6) is 5.75 Å². The first-order chi connectivity index (χ1) is 20.5. The van der Waals surface area contributed by atoms with Crippen molar-refractivity contribution in [3.63, 3.8) is 0 Å². The van der Waals surface area contributed by atoms with E-state index in [2.05, 4.69) is 5.32 Å². The number of hydrogen-bond acceptors (Lipinski definition) is 7. The summed E-state index contributed by atoms with van der Waals surface area (Å²) in [6.07, 6.45) is -3.02. The van der Waals surface area contributed by atoms with Gasteiger partial charge in [-0.1, -0.05) is 42.5 Å². The molecule has 3 aliphatic rings. The zero-order valence-electron chi connectivity index (χ0n) is 23.1. The van der Waals surface area contributed by atoms with Crippen LogP contribution in [0.15, 0.2) is 77.5 Å². The number of carbonyl (C=O) groups is 4. The van der Waals surface area contributed by atoms with Crippen molar-refractivity contribution in [2.45, 2.75) is 37.0 Å². The number of alkyl halides is 3. The summed E-state index contributed by atoms with van der Waals surface area (Å²) in [6.45, 7) is -1.60. The number of β-lactam (4-membered cyclic amide) rings is 1. The third-order valence-corrected chi connectivity index (χ3v) is 8.48. The largest absolute Gasteiger partial charge is 0.497 e. The Bertz CT molecular complexity index is 1480. The normalized spacial score (nSPS) is 21.1. The highest BCUT2D eigenvalue weighted by Gasteiger charge is 2.54. The smallest absolute Gasteiger partial charge is 0.406 e. The molecule has 0 spiro atoms. The van der Waals surface area contributed by atoms with E-state index in [1.54, 1.807) is 48.5 Å². The summed E-state index contributed by atoms with van der Waals surface area (Å²) in [6, 6.07) is 15.0. The van der Waals surface area contributed by atoms with Crippen LogP contribution in [-0.4, -0.2) is 77.0 Å². The Labute approximate surface area is 249 Å². The molecule has 1 N–H and O–H groups in total. The number of hydrogen-bond donors (Lipinski definition) is 1. The van der Waals surface area contributed by atoms with Gasteiger partial charge in [-0.15, -0.1) is 11.8 Å². The Morgan fingerprint density at radius 3 is 2.47 bits per heavy atom. The SMILES string of the molecule is COc1ccc(COC(=O)C2=C(C=C3CCN(CC(F)(F)F)C3=O)CS[C@@H]3[C@H](NC(=O)Cc4ccccc4)C(=O)N23)cc1. The first kappa shape index (κ1) is 30.2. The van der Waals surface area contributed by atoms with Gasteiger partial charge in [-0.25, -0.2) is 4.79 Å². The zero-order valence-corrected chi connectivity index (χ0v) is 23.9. The highest BCUT2D eigenvalue weighted by atomic mass is 32.2. The fraction of sp³-hybridized carbons (Fsp3) is 0.333. The van der Waals surface area contributed by atoms with Gasteiger partial charge in [-0.05, 0) is 41.3 Å². The van der Waals surface area contributed by atoms with Crippen molar-refractivity contribution in [1.82, 2.24) is 15.1 Å². The van der Waals surface area contributed by atoms with Gasteiger partial charge in [0.1, 0.15) is 36.0 Å². The summed E-state index contributed by atoms with van der Waals surface area (Å²) in [5.74, 6) is -1.69. The lowest BCUT2D eigenvalue weighted by Gasteiger charge is -2.49. The Kier molecular flexibility index (Phi) is 8.81. The summed E-state index contributed by atoms with van der Waals surface area (Å²) in [4.78, 5) is 54.1. The molecule has 2 saturated heterocycles. The first-order valence-corrected chi connectivity index (χ1v) is 14.5. The number of rotatable bonds is 9. The minimum absolute atomic E-state index is 0.0623. The molecule has 3 aliphatic heterocycles. The molecule has 0 aromatic heterocycles. The molecule has 0 bridgehead atoms. The molecular formula is C30H28F3N3O6S. The number of likely N-dealkylation sites (tertiary alicyclic amines) is 1. The number of allylic oxidation sites excluding steroid dienone is 1. The predicted octanol–water partition coefficient (Wildman–Crippen LogP) is 3.36. The van der Waals surface area contributed by atoms with Gasteiger partial charge in [-0.2, -0.15) is 13.2 Å². The van der Waals surface area contributed by atoms with Gasteiger partial charge in [0.25, 0.3) is 5.91 Å². The van der Waals surface area contributed by atoms with E-state index in [1.165, 1.54) is 29.8 Å². The van der Waals surface area contributed by atoms with Crippen molar-refractivity contribution in [2.24, 2.45) is 0 Å². The van der Waals surface area contributed by atoms with E-state index in [4.69, 9.17) is 9.47 Å². The number of halogens is 3. The van der Waals surface area contributed by atoms with Crippen LogP contribution in [0, 0.1) is 0 Å². The minimum Gasteiger partial charge on any atom is -0.497 e. The summed E-state index contributed by atoms with van der Waals surface area (Å²) >= 11 is 1.28. The number of nitrogens with zero attached hydrogens (tertiary/aromatic N) is 2. The number of benzene rings is 2. The van der Waals surface area contributed by atoms with E-state index in [0.717, 1.165) is 5.56 Å². The molecule has 3 heterocycles. The van der Waals surface area contributed by atoms with Crippen LogP contribution in [-0.2, 0) is 36.9 Å². The Hall–Kier alpha value is -4.26. The number of thioether (sulfide) groups is 1. The Morgan fingerprint density at radius 2 is 1.79 bits per heavy atom. The number of ether oxygens (including phenoxy) is 2. The van der Waals surface area contributed by atoms with Gasteiger partial charge in [0.05, 0.1) is 13.5 Å². The zero-order chi connectivity index (χ0) is 30.7. The predicted molar refractivity (Wildman–Crippen MR) is 150 cm³/mol. The highest BCUT2D eigenvalue weighted by molar-refractivity contribution is 8.00. The Balaban J connectivity index is 1.36. The first-order valence-electron chi connectivity index (χ1n) is 13.4. The number of esters is 1. The van der Waals surface area contributed by atoms with Gasteiger partial charge < -0.3 is 19.7 Å². The van der Waals surface area contributed by atoms with Crippen LogP contribution in [0.3, 0.4) is 0 Å². The molecule has 2 atom stereocenters. The summed E-state index contributed by atoms with van der Waals surface area (Å²) < 4.78 is 49.5. The minimum atomic E-state index is -4.54. The summed E-state index contributed by atoms with van der Waals surface area (Å²) in [5, 5.41) is 2.15. The number of methoxy groups -OCH3 is 1. The maximum Gasteiger partial charge on any atom is 0.406 e. The van der Waals surface area contributed by atoms with Crippen LogP contribution in [0.2, 0.25) is 0 Å². The average Bonchev–Trinajstić information content (AvgIpc) is 3.31. The quantitative estimate of drug-likeness (QED) is 0.262. The van der Waals surface area contributed by atoms with E-state index in [-0.39, 0.29) is 48.9 Å². The number of carbonyl (C=O) groups excluding carboxylic acids is 4. The molecule has 2 aromatic carbocycles. The third-order valence-electron chi connectivity index (χ3n) is 7.18. The van der Waals surface area contributed by atoms with E-state index < -0.39 is 41.9 Å². The summed E-state index contributed by atoms with van der Waals surface area (Å²) in [7, 11) is 1.52. The van der Waals surface area contributed by atoms with E-state index in [9.17, 15) is 32.3 Å². The molecule has 43 heavy (non-hydrogen) atoms. The van der Waals surface area contributed by atoms with E-state index in [1.807, 2.05) is 6.07 Å². The van der Waals surface area contributed by atoms with E-state index >= 15 is 0 Å². The van der Waals surface area contributed by atoms with Crippen molar-refractivity contribution < 1.29 is 41.8 Å². The van der Waals surface area contributed by atoms with Crippen LogP contribution in [0.25, 0.3) is 0 Å². The maximum atomic E-state index is 13.4. The molecule has 0 unspecified atom stereocenters. The molecule has 2 fully saturated rings. The molecule has 226 valence electrons. The van der Waals surface area contributed by atoms with Crippen LogP contribution in [0.1, 0.15) is 17.5 Å². The maximum absolute atomic E-state index is 13.4. The van der Waals surface area contributed by atoms with Crippen molar-refractivity contribution in [3.8, 4) is 5.75 Å². The number of fused-ring (bicyclic) bond motifs is 1. The standard InChI is InChI=1S/C30H28F3N3O6S/c1-41-22-9-7-19(8-10-22)15-42-29(40)25-21(14-20-11-12-35(26(20)38)17-30(31,32)33)16-43-28-24(27(39)36(25)28)34-23(37)13-18-5-3-2-4-6-18/h2-10,14,24,28H,11-13,15-17H2,1H3,(H,34,37)/t24-,28-/m1/s1. The van der Waals surface area contributed by atoms with Crippen LogP contribution >= 0.6 is 11.8 Å². The lowest BCUT2D eigenvalue weighted by atomic mass is 10.0. The van der Waals surface area contributed by atoms with Crippen LogP contribution in [0.4, 0.5) is 13.2 Å². The molecule has 13 heteroatoms. The molecule has 2 aromatic rings. The van der Waals surface area contributed by atoms with Gasteiger partial charge in [0, 0.05) is 17.9 Å². The second kappa shape index (κ2) is 12.5. The lowest BCUT2D eigenvalue weighted by molar-refractivity contribution is -0.156. The van der Waals surface area contributed by atoms with Crippen molar-refractivity contribution in [3.05, 3.63) is 88.6 Å². The molecule has 0 aliphatic carbocycles. The van der Waals surface area contributed by atoms with Crippen molar-refractivity contribution in [1.29, 1.82) is 0 Å². The van der Waals surface area contributed by atoms with Gasteiger partial charge in [0.15, 0.2) is 0 Å². The number of amides is 3. The lowest BCUT2D eigenvalue weighted by Crippen LogP contribution is -2.70. The van der Waals surface area contributed by atoms with Gasteiger partial charge in [-0.3, -0.25) is 19.3 Å². The fourth-order valence-electron chi connectivity index (χ4n) is 5.07. The Morgan fingerprint density at radius 1 is 1.07 bits per heavy atom. The van der Waals surface area contributed by atoms with E-state index in [0.29, 0.717) is 21.8 Å². The molecule has 0 saturated carbocycles. The molecule has 5 rings (SSSR count). The molecule has 0 radical (unpaired) electrons. The molecule has 3 amide bonds. The van der Waals surface area contributed by atoms with Gasteiger partial charge in [0.2, 0.25) is 11.8 Å².